The third-order valence-electron chi connectivity index (χ3n) is 0.588. The number of methoxy groups -OCH3 is 1. The Hall–Kier alpha value is -0.540. The van der Waals surface area contributed by atoms with Crippen LogP contribution in [-0.2, 0) is 4.74 Å². The van der Waals surface area contributed by atoms with Crippen molar-refractivity contribution in [2.75, 3.05) is 13.7 Å². The van der Waals surface area contributed by atoms with Crippen LogP contribution in [0.3, 0.4) is 0 Å². The monoisotopic (exact) mass is 102 g/mol. The highest BCUT2D eigenvalue weighted by Crippen LogP contribution is 1.82. The predicted molar refractivity (Wildman–Crippen MR) is 28.3 cm³/mol. The van der Waals surface area contributed by atoms with Gasteiger partial charge in [-0.2, -0.15) is 0 Å². The van der Waals surface area contributed by atoms with Crippen LogP contribution >= 0.6 is 0 Å². The molecule has 0 spiro atoms. The molecule has 0 radical (unpaired) electrons. The van der Waals surface area contributed by atoms with Gasteiger partial charge in [-0.1, -0.05) is 6.58 Å². The fourth-order valence-electron chi connectivity index (χ4n) is 0.186. The minimum atomic E-state index is 0.510. The Morgan fingerprint density at radius 1 is 2.00 bits per heavy atom. The summed E-state index contributed by atoms with van der Waals surface area (Å²) in [7, 11) is 1.56. The van der Waals surface area contributed by atoms with Crippen molar-refractivity contribution in [1.82, 2.24) is 5.43 Å². The molecule has 3 heteroatoms. The highest BCUT2D eigenvalue weighted by atomic mass is 16.5. The summed E-state index contributed by atoms with van der Waals surface area (Å²) >= 11 is 0. The van der Waals surface area contributed by atoms with E-state index < -0.39 is 0 Å². The number of ether oxygens (including phenoxy) is 1. The average Bonchev–Trinajstić information content (AvgIpc) is 1.68. The lowest BCUT2D eigenvalue weighted by Crippen LogP contribution is -2.24. The zero-order chi connectivity index (χ0) is 5.70. The molecule has 0 aliphatic carbocycles. The van der Waals surface area contributed by atoms with Crippen molar-refractivity contribution in [3.63, 3.8) is 0 Å². The first-order valence-electron chi connectivity index (χ1n) is 1.96. The fourth-order valence-corrected chi connectivity index (χ4v) is 0.186. The van der Waals surface area contributed by atoms with Gasteiger partial charge >= 0.3 is 0 Å². The molecular weight excluding hydrogens is 92.1 g/mol. The average molecular weight is 102 g/mol. The van der Waals surface area contributed by atoms with Crippen LogP contribution in [0.25, 0.3) is 0 Å². The molecule has 0 saturated heterocycles. The molecule has 3 N–H and O–H groups in total. The van der Waals surface area contributed by atoms with Crippen molar-refractivity contribution >= 4 is 0 Å². The number of rotatable bonds is 3. The molecule has 0 rings (SSSR count). The Kier molecular flexibility index (Phi) is 3.36. The first-order valence-corrected chi connectivity index (χ1v) is 1.96. The maximum atomic E-state index is 4.91. The van der Waals surface area contributed by atoms with Crippen LogP contribution in [0.15, 0.2) is 12.3 Å². The van der Waals surface area contributed by atoms with Crippen LogP contribution in [0, 0.1) is 0 Å². The Balaban J connectivity index is 3.00. The summed E-state index contributed by atoms with van der Waals surface area (Å²) in [5.41, 5.74) is 2.39. The molecular formula is C4H10N2O. The van der Waals surface area contributed by atoms with Gasteiger partial charge in [0.2, 0.25) is 0 Å². The summed E-state index contributed by atoms with van der Waals surface area (Å²) in [5, 5.41) is 0. The van der Waals surface area contributed by atoms with Gasteiger partial charge in [0.1, 0.15) is 5.76 Å². The van der Waals surface area contributed by atoms with Gasteiger partial charge in [-0.25, -0.2) is 0 Å². The van der Waals surface area contributed by atoms with E-state index in [0.29, 0.717) is 12.3 Å². The van der Waals surface area contributed by atoms with E-state index in [1.165, 1.54) is 0 Å². The molecule has 0 unspecified atom stereocenters. The number of hydrogen-bond acceptors (Lipinski definition) is 3. The van der Waals surface area contributed by atoms with Crippen LogP contribution in [0.5, 0.6) is 0 Å². The zero-order valence-corrected chi connectivity index (χ0v) is 4.40. The van der Waals surface area contributed by atoms with Crippen molar-refractivity contribution in [3.05, 3.63) is 12.3 Å². The minimum absolute atomic E-state index is 0.510. The Morgan fingerprint density at radius 2 is 2.57 bits per heavy atom. The Morgan fingerprint density at radius 3 is 2.71 bits per heavy atom. The first kappa shape index (κ1) is 6.46. The summed E-state index contributed by atoms with van der Waals surface area (Å²) in [6, 6.07) is 0. The van der Waals surface area contributed by atoms with Gasteiger partial charge in [0.05, 0.1) is 13.7 Å². The SMILES string of the molecule is C=C(CNN)OC. The second-order valence-corrected chi connectivity index (χ2v) is 1.12. The van der Waals surface area contributed by atoms with Crippen molar-refractivity contribution in [1.29, 1.82) is 0 Å². The zero-order valence-electron chi connectivity index (χ0n) is 4.40. The van der Waals surface area contributed by atoms with Crippen LogP contribution in [0.1, 0.15) is 0 Å². The predicted octanol–water partition coefficient (Wildman–Crippen LogP) is -0.390. The molecule has 0 saturated carbocycles. The highest BCUT2D eigenvalue weighted by Gasteiger charge is 1.83. The normalized spacial score (nSPS) is 8.29. The third-order valence-corrected chi connectivity index (χ3v) is 0.588. The number of hydrogen-bond donors (Lipinski definition) is 2. The van der Waals surface area contributed by atoms with E-state index in [2.05, 4.69) is 16.7 Å². The molecule has 0 aliphatic heterocycles. The molecule has 0 aromatic heterocycles. The number of hydrazine groups is 1. The van der Waals surface area contributed by atoms with Crippen LogP contribution < -0.4 is 11.3 Å². The molecule has 0 atom stereocenters. The summed E-state index contributed by atoms with van der Waals surface area (Å²) in [4.78, 5) is 0. The largest absolute Gasteiger partial charge is 0.500 e. The number of nitrogens with one attached hydrogen (secondary N) is 1. The maximum Gasteiger partial charge on any atom is 0.104 e. The summed E-state index contributed by atoms with van der Waals surface area (Å²) < 4.78 is 4.65. The minimum Gasteiger partial charge on any atom is -0.500 e. The Bertz CT molecular complexity index is 62.7. The molecule has 0 amide bonds. The van der Waals surface area contributed by atoms with E-state index in [-0.39, 0.29) is 0 Å². The Labute approximate surface area is 43.1 Å². The van der Waals surface area contributed by atoms with Crippen LogP contribution in [-0.4, -0.2) is 13.7 Å². The fraction of sp³-hybridized carbons (Fsp3) is 0.500. The summed E-state index contributed by atoms with van der Waals surface area (Å²) in [6.07, 6.45) is 0. The van der Waals surface area contributed by atoms with E-state index >= 15 is 0 Å². The van der Waals surface area contributed by atoms with Crippen LogP contribution in [0.4, 0.5) is 0 Å². The quantitative estimate of drug-likeness (QED) is 0.290. The lowest BCUT2D eigenvalue weighted by atomic mass is 10.6. The molecule has 0 fully saturated rings. The van der Waals surface area contributed by atoms with E-state index in [1.54, 1.807) is 7.11 Å². The van der Waals surface area contributed by atoms with Gasteiger partial charge in [0, 0.05) is 0 Å². The van der Waals surface area contributed by atoms with Crippen LogP contribution in [0.2, 0.25) is 0 Å². The highest BCUT2D eigenvalue weighted by molar-refractivity contribution is 4.82. The van der Waals surface area contributed by atoms with E-state index in [9.17, 15) is 0 Å². The molecule has 0 aromatic carbocycles. The molecule has 3 nitrogen and oxygen atoms in total. The number of nitrogens with two attached hydrogens (primary N) is 1. The molecule has 0 heterocycles. The standard InChI is InChI=1S/C4H10N2O/c1-4(7-2)3-6-5/h6H,1,3,5H2,2H3. The van der Waals surface area contributed by atoms with E-state index in [1.807, 2.05) is 0 Å². The lowest BCUT2D eigenvalue weighted by Gasteiger charge is -1.99. The smallest absolute Gasteiger partial charge is 0.104 e. The van der Waals surface area contributed by atoms with Gasteiger partial charge in [-0.05, 0) is 0 Å². The molecule has 7 heavy (non-hydrogen) atoms. The van der Waals surface area contributed by atoms with Crippen molar-refractivity contribution in [2.24, 2.45) is 5.84 Å². The molecule has 0 bridgehead atoms. The van der Waals surface area contributed by atoms with Crippen molar-refractivity contribution in [2.45, 2.75) is 0 Å². The first-order chi connectivity index (χ1) is 3.31. The van der Waals surface area contributed by atoms with Gasteiger partial charge in [-0.15, -0.1) is 0 Å². The van der Waals surface area contributed by atoms with Gasteiger partial charge in [0.25, 0.3) is 0 Å². The molecule has 0 aliphatic rings. The van der Waals surface area contributed by atoms with Crippen molar-refractivity contribution < 1.29 is 4.74 Å². The van der Waals surface area contributed by atoms with Gasteiger partial charge in [0.15, 0.2) is 0 Å². The maximum absolute atomic E-state index is 4.91. The second-order valence-electron chi connectivity index (χ2n) is 1.12. The van der Waals surface area contributed by atoms with Gasteiger partial charge < -0.3 is 4.74 Å². The summed E-state index contributed by atoms with van der Waals surface area (Å²) in [5.74, 6) is 5.56. The van der Waals surface area contributed by atoms with E-state index in [4.69, 9.17) is 5.84 Å². The summed E-state index contributed by atoms with van der Waals surface area (Å²) in [6.45, 7) is 4.01. The third kappa shape index (κ3) is 3.29. The van der Waals surface area contributed by atoms with Gasteiger partial charge in [-0.3, -0.25) is 11.3 Å². The molecule has 42 valence electrons. The molecule has 0 aromatic rings. The second kappa shape index (κ2) is 3.64. The topological polar surface area (TPSA) is 47.3 Å². The van der Waals surface area contributed by atoms with E-state index in [0.717, 1.165) is 0 Å². The lowest BCUT2D eigenvalue weighted by molar-refractivity contribution is 0.282. The van der Waals surface area contributed by atoms with Crippen molar-refractivity contribution in [3.8, 4) is 0 Å².